The van der Waals surface area contributed by atoms with Crippen LogP contribution in [0.4, 0.5) is 0 Å². The van der Waals surface area contributed by atoms with Crippen molar-refractivity contribution in [2.45, 2.75) is 39.3 Å². The second kappa shape index (κ2) is 6.79. The molecule has 0 aromatic carbocycles. The van der Waals surface area contributed by atoms with Gasteiger partial charge < -0.3 is 15.2 Å². The van der Waals surface area contributed by atoms with Crippen LogP contribution in [-0.2, 0) is 9.53 Å². The zero-order chi connectivity index (χ0) is 11.1. The number of hydrogen-bond acceptors (Lipinski definition) is 4. The van der Waals surface area contributed by atoms with Gasteiger partial charge in [0.2, 0.25) is 0 Å². The van der Waals surface area contributed by atoms with Gasteiger partial charge in [-0.1, -0.05) is 13.8 Å². The quantitative estimate of drug-likeness (QED) is 0.619. The monoisotopic (exact) mass is 203 g/mol. The third kappa shape index (κ3) is 4.07. The lowest BCUT2D eigenvalue weighted by Gasteiger charge is -2.24. The van der Waals surface area contributed by atoms with Crippen molar-refractivity contribution in [2.24, 2.45) is 5.92 Å². The molecule has 0 rings (SSSR count). The molecule has 0 aromatic rings. The Kier molecular flexibility index (Phi) is 6.49. The number of aliphatic hydroxyl groups is 1. The van der Waals surface area contributed by atoms with Crippen LogP contribution >= 0.6 is 0 Å². The summed E-state index contributed by atoms with van der Waals surface area (Å²) in [7, 11) is 1.38. The van der Waals surface area contributed by atoms with Gasteiger partial charge >= 0.3 is 5.97 Å². The van der Waals surface area contributed by atoms with E-state index in [0.29, 0.717) is 6.42 Å². The summed E-state index contributed by atoms with van der Waals surface area (Å²) in [6.07, 6.45) is 0.690. The first kappa shape index (κ1) is 13.4. The predicted molar refractivity (Wildman–Crippen MR) is 54.9 cm³/mol. The van der Waals surface area contributed by atoms with E-state index in [-0.39, 0.29) is 30.6 Å². The van der Waals surface area contributed by atoms with Gasteiger partial charge in [0.25, 0.3) is 0 Å². The van der Waals surface area contributed by atoms with E-state index in [1.54, 1.807) is 0 Å². The summed E-state index contributed by atoms with van der Waals surface area (Å²) in [6.45, 7) is 5.92. The van der Waals surface area contributed by atoms with Crippen LogP contribution in [0.1, 0.15) is 27.2 Å². The lowest BCUT2D eigenvalue weighted by Crippen LogP contribution is -2.45. The third-order valence-corrected chi connectivity index (χ3v) is 2.50. The maximum atomic E-state index is 11.2. The van der Waals surface area contributed by atoms with Crippen LogP contribution < -0.4 is 5.32 Å². The molecule has 3 atom stereocenters. The molecule has 0 saturated heterocycles. The molecule has 3 unspecified atom stereocenters. The van der Waals surface area contributed by atoms with Crippen LogP contribution in [-0.4, -0.2) is 36.9 Å². The topological polar surface area (TPSA) is 58.6 Å². The highest BCUT2D eigenvalue weighted by Crippen LogP contribution is 2.04. The minimum Gasteiger partial charge on any atom is -0.468 e. The summed E-state index contributed by atoms with van der Waals surface area (Å²) in [6, 6.07) is -0.173. The highest BCUT2D eigenvalue weighted by Gasteiger charge is 2.21. The van der Waals surface area contributed by atoms with E-state index >= 15 is 0 Å². The molecule has 0 saturated carbocycles. The van der Waals surface area contributed by atoms with Crippen molar-refractivity contribution in [3.63, 3.8) is 0 Å². The van der Waals surface area contributed by atoms with Crippen LogP contribution in [0.15, 0.2) is 0 Å². The lowest BCUT2D eigenvalue weighted by molar-refractivity contribution is -0.143. The Balaban J connectivity index is 4.10. The van der Waals surface area contributed by atoms with Gasteiger partial charge in [0.1, 0.15) is 6.04 Å². The summed E-state index contributed by atoms with van der Waals surface area (Å²) >= 11 is 0. The van der Waals surface area contributed by atoms with Gasteiger partial charge in [-0.2, -0.15) is 0 Å². The van der Waals surface area contributed by atoms with Crippen LogP contribution in [0.25, 0.3) is 0 Å². The van der Waals surface area contributed by atoms with E-state index in [1.807, 2.05) is 20.8 Å². The summed E-state index contributed by atoms with van der Waals surface area (Å²) in [5.74, 6) is -0.113. The number of rotatable bonds is 6. The normalized spacial score (nSPS) is 17.2. The highest BCUT2D eigenvalue weighted by molar-refractivity contribution is 5.75. The number of nitrogens with one attached hydrogen (secondary N) is 1. The Morgan fingerprint density at radius 1 is 1.50 bits per heavy atom. The largest absolute Gasteiger partial charge is 0.468 e. The van der Waals surface area contributed by atoms with Gasteiger partial charge in [0.15, 0.2) is 0 Å². The van der Waals surface area contributed by atoms with Crippen molar-refractivity contribution in [3.8, 4) is 0 Å². The van der Waals surface area contributed by atoms with Crippen molar-refractivity contribution in [3.05, 3.63) is 0 Å². The van der Waals surface area contributed by atoms with Gasteiger partial charge in [-0.15, -0.1) is 0 Å². The van der Waals surface area contributed by atoms with E-state index in [1.165, 1.54) is 7.11 Å². The molecule has 4 heteroatoms. The van der Waals surface area contributed by atoms with E-state index < -0.39 is 0 Å². The molecule has 0 spiro atoms. The first-order valence-electron chi connectivity index (χ1n) is 5.01. The third-order valence-electron chi connectivity index (χ3n) is 2.50. The second-order valence-corrected chi connectivity index (χ2v) is 3.60. The van der Waals surface area contributed by atoms with Crippen molar-refractivity contribution in [2.75, 3.05) is 13.7 Å². The number of carbonyl (C=O) groups is 1. The second-order valence-electron chi connectivity index (χ2n) is 3.60. The van der Waals surface area contributed by atoms with Gasteiger partial charge in [-0.25, -0.2) is 0 Å². The molecule has 2 N–H and O–H groups in total. The van der Waals surface area contributed by atoms with E-state index in [2.05, 4.69) is 10.1 Å². The minimum absolute atomic E-state index is 0.101. The van der Waals surface area contributed by atoms with Crippen LogP contribution in [0.5, 0.6) is 0 Å². The van der Waals surface area contributed by atoms with Crippen molar-refractivity contribution in [1.82, 2.24) is 5.32 Å². The van der Waals surface area contributed by atoms with Crippen LogP contribution in [0, 0.1) is 5.92 Å². The summed E-state index contributed by atoms with van der Waals surface area (Å²) in [5, 5.41) is 12.1. The number of methoxy groups -OCH3 is 1. The van der Waals surface area contributed by atoms with Crippen molar-refractivity contribution >= 4 is 5.97 Å². The predicted octanol–water partition coefficient (Wildman–Crippen LogP) is 0.544. The molecule has 0 radical (unpaired) electrons. The number of hydrogen-bond donors (Lipinski definition) is 2. The maximum absolute atomic E-state index is 11.2. The molecular formula is C10H21NO3. The molecule has 4 nitrogen and oxygen atoms in total. The standard InChI is InChI=1S/C10H21NO3/c1-5-9(10(13)14-4)11-8(3)7(2)6-12/h7-9,11-12H,5-6H2,1-4H3. The molecule has 0 fully saturated rings. The van der Waals surface area contributed by atoms with Gasteiger partial charge in [0, 0.05) is 12.6 Å². The van der Waals surface area contributed by atoms with Gasteiger partial charge in [-0.05, 0) is 19.3 Å². The minimum atomic E-state index is -0.274. The van der Waals surface area contributed by atoms with E-state index in [9.17, 15) is 4.79 Å². The summed E-state index contributed by atoms with van der Waals surface area (Å²) < 4.78 is 4.65. The van der Waals surface area contributed by atoms with Crippen LogP contribution in [0.3, 0.4) is 0 Å². The molecule has 0 aliphatic heterocycles. The average molecular weight is 203 g/mol. The Labute approximate surface area is 85.6 Å². The summed E-state index contributed by atoms with van der Waals surface area (Å²) in [5.41, 5.74) is 0. The molecule has 0 bridgehead atoms. The smallest absolute Gasteiger partial charge is 0.322 e. The van der Waals surface area contributed by atoms with Crippen molar-refractivity contribution < 1.29 is 14.6 Å². The van der Waals surface area contributed by atoms with E-state index in [0.717, 1.165) is 0 Å². The Morgan fingerprint density at radius 2 is 2.07 bits per heavy atom. The Bertz CT molecular complexity index is 173. The lowest BCUT2D eigenvalue weighted by atomic mass is 10.0. The molecule has 0 amide bonds. The highest BCUT2D eigenvalue weighted by atomic mass is 16.5. The first-order valence-corrected chi connectivity index (χ1v) is 5.01. The molecule has 0 aromatic heterocycles. The SMILES string of the molecule is CCC(NC(C)C(C)CO)C(=O)OC. The molecule has 14 heavy (non-hydrogen) atoms. The molecule has 0 aliphatic carbocycles. The number of carbonyl (C=O) groups excluding carboxylic acids is 1. The summed E-state index contributed by atoms with van der Waals surface area (Å²) in [4.78, 5) is 11.2. The fraction of sp³-hybridized carbons (Fsp3) is 0.900. The maximum Gasteiger partial charge on any atom is 0.322 e. The average Bonchev–Trinajstić information content (AvgIpc) is 2.22. The fourth-order valence-electron chi connectivity index (χ4n) is 1.13. The number of ether oxygens (including phenoxy) is 1. The van der Waals surface area contributed by atoms with Crippen molar-refractivity contribution in [1.29, 1.82) is 0 Å². The first-order chi connectivity index (χ1) is 6.56. The fourth-order valence-corrected chi connectivity index (χ4v) is 1.13. The van der Waals surface area contributed by atoms with Gasteiger partial charge in [0.05, 0.1) is 7.11 Å². The van der Waals surface area contributed by atoms with E-state index in [4.69, 9.17) is 5.11 Å². The van der Waals surface area contributed by atoms with Gasteiger partial charge in [-0.3, -0.25) is 4.79 Å². The Hall–Kier alpha value is -0.610. The Morgan fingerprint density at radius 3 is 2.43 bits per heavy atom. The molecular weight excluding hydrogens is 182 g/mol. The number of aliphatic hydroxyl groups excluding tert-OH is 1. The zero-order valence-electron chi connectivity index (χ0n) is 9.41. The zero-order valence-corrected chi connectivity index (χ0v) is 9.41. The number of esters is 1. The molecule has 84 valence electrons. The molecule has 0 heterocycles. The molecule has 0 aliphatic rings. The van der Waals surface area contributed by atoms with Crippen LogP contribution in [0.2, 0.25) is 0 Å².